The number of alkyl carbamates (subject to hydrolysis) is 1. The molecule has 6 nitrogen and oxygen atoms in total. The van der Waals surface area contributed by atoms with Gasteiger partial charge in [-0.05, 0) is 75.3 Å². The molecule has 3 rings (SSSR count). The van der Waals surface area contributed by atoms with Crippen LogP contribution in [0.3, 0.4) is 0 Å². The zero-order valence-corrected chi connectivity index (χ0v) is 24.0. The number of hydrogen-bond acceptors (Lipinski definition) is 5. The Morgan fingerprint density at radius 3 is 2.37 bits per heavy atom. The van der Waals surface area contributed by atoms with E-state index in [2.05, 4.69) is 24.1 Å². The van der Waals surface area contributed by atoms with Gasteiger partial charge in [0.1, 0.15) is 11.4 Å². The summed E-state index contributed by atoms with van der Waals surface area (Å²) in [7, 11) is 0. The number of carbonyl (C=O) groups is 2. The maximum Gasteiger partial charge on any atom is 0.407 e. The minimum absolute atomic E-state index is 0.234. The van der Waals surface area contributed by atoms with E-state index < -0.39 is 17.6 Å². The number of amides is 1. The zero-order valence-electron chi connectivity index (χ0n) is 23.3. The molecule has 8 heteroatoms. The predicted octanol–water partition coefficient (Wildman–Crippen LogP) is 6.49. The Bertz CT molecular complexity index is 1110. The normalized spacial score (nSPS) is 16.7. The van der Waals surface area contributed by atoms with Gasteiger partial charge in [0.15, 0.2) is 0 Å². The van der Waals surface area contributed by atoms with E-state index in [1.54, 1.807) is 13.0 Å². The topological polar surface area (TPSA) is 67.9 Å². The second kappa shape index (κ2) is 12.5. The van der Waals surface area contributed by atoms with E-state index in [1.807, 2.05) is 45.0 Å². The number of nitrogens with zero attached hydrogens (tertiary/aromatic N) is 1. The Morgan fingerprint density at radius 2 is 1.79 bits per heavy atom. The molecule has 1 heterocycles. The summed E-state index contributed by atoms with van der Waals surface area (Å²) in [6, 6.07) is 11.6. The molecule has 0 unspecified atom stereocenters. The fraction of sp³-hybridized carbons (Fsp3) is 0.533. The molecule has 1 amide bonds. The van der Waals surface area contributed by atoms with Gasteiger partial charge < -0.3 is 19.7 Å². The van der Waals surface area contributed by atoms with Crippen LogP contribution >= 0.6 is 11.6 Å². The first kappa shape index (κ1) is 29.9. The van der Waals surface area contributed by atoms with Crippen molar-refractivity contribution in [1.82, 2.24) is 10.2 Å². The summed E-state index contributed by atoms with van der Waals surface area (Å²) in [6.45, 7) is 14.3. The molecule has 1 N–H and O–H groups in total. The molecule has 2 atom stereocenters. The van der Waals surface area contributed by atoms with Gasteiger partial charge in [-0.25, -0.2) is 9.18 Å². The van der Waals surface area contributed by atoms with Crippen molar-refractivity contribution in [2.45, 2.75) is 66.0 Å². The van der Waals surface area contributed by atoms with Gasteiger partial charge in [-0.15, -0.1) is 0 Å². The number of ether oxygens (including phenoxy) is 2. The lowest BCUT2D eigenvalue weighted by Crippen LogP contribution is -2.55. The van der Waals surface area contributed by atoms with Crippen molar-refractivity contribution in [1.29, 1.82) is 0 Å². The van der Waals surface area contributed by atoms with Crippen molar-refractivity contribution in [2.75, 3.05) is 26.2 Å². The molecule has 38 heavy (non-hydrogen) atoms. The van der Waals surface area contributed by atoms with Crippen LogP contribution in [0, 0.1) is 17.2 Å². The molecule has 0 spiro atoms. The van der Waals surface area contributed by atoms with Crippen LogP contribution in [0.25, 0.3) is 11.1 Å². The molecule has 1 aliphatic heterocycles. The van der Waals surface area contributed by atoms with Gasteiger partial charge in [-0.2, -0.15) is 0 Å². The maximum atomic E-state index is 14.3. The highest BCUT2D eigenvalue weighted by Crippen LogP contribution is 2.31. The molecule has 2 aromatic carbocycles. The minimum atomic E-state index is -0.652. The fourth-order valence-electron chi connectivity index (χ4n) is 4.95. The Kier molecular flexibility index (Phi) is 9.82. The number of benzene rings is 2. The highest BCUT2D eigenvalue weighted by Gasteiger charge is 2.37. The van der Waals surface area contributed by atoms with E-state index in [0.717, 1.165) is 18.7 Å². The third-order valence-corrected chi connectivity index (χ3v) is 6.60. The quantitative estimate of drug-likeness (QED) is 0.345. The third-order valence-electron chi connectivity index (χ3n) is 6.37. The first-order valence-corrected chi connectivity index (χ1v) is 13.6. The molecule has 1 saturated heterocycles. The summed E-state index contributed by atoms with van der Waals surface area (Å²) in [4.78, 5) is 27.9. The number of carbonyl (C=O) groups excluding carboxylic acids is 2. The van der Waals surface area contributed by atoms with Crippen molar-refractivity contribution in [3.63, 3.8) is 0 Å². The largest absolute Gasteiger partial charge is 0.466 e. The van der Waals surface area contributed by atoms with Gasteiger partial charge in [0.25, 0.3) is 0 Å². The monoisotopic (exact) mass is 546 g/mol. The van der Waals surface area contributed by atoms with Crippen LogP contribution in [0.15, 0.2) is 42.5 Å². The molecule has 1 aliphatic rings. The number of rotatable bonds is 10. The Balaban J connectivity index is 1.79. The van der Waals surface area contributed by atoms with Crippen molar-refractivity contribution in [2.24, 2.45) is 11.3 Å². The van der Waals surface area contributed by atoms with E-state index in [9.17, 15) is 14.0 Å². The number of halogens is 2. The molecule has 1 fully saturated rings. The molecule has 208 valence electrons. The third kappa shape index (κ3) is 8.98. The van der Waals surface area contributed by atoms with Crippen LogP contribution in [-0.4, -0.2) is 54.8 Å². The highest BCUT2D eigenvalue weighted by molar-refractivity contribution is 6.30. The maximum absolute atomic E-state index is 14.3. The second-order valence-corrected chi connectivity index (χ2v) is 12.3. The standard InChI is InChI=1S/C30H40ClFN2O4/c1-7-37-27(35)22(17-34-18-30(5,6)19-34)15-24(33-28(36)38-29(2,3)4)14-20-8-10-21(11-9-20)25-16-23(31)12-13-26(25)32/h8-13,16,22,24H,7,14-15,17-19H2,1-6H3,(H,33,36)/t22-,24+/m0/s1. The van der Waals surface area contributed by atoms with Crippen LogP contribution in [0.4, 0.5) is 9.18 Å². The lowest BCUT2D eigenvalue weighted by Gasteiger charge is -2.47. The summed E-state index contributed by atoms with van der Waals surface area (Å²) in [5.74, 6) is -1.01. The first-order valence-electron chi connectivity index (χ1n) is 13.2. The summed E-state index contributed by atoms with van der Waals surface area (Å²) in [5, 5.41) is 3.43. The SMILES string of the molecule is CCOC(=O)[C@@H](C[C@@H](Cc1ccc(-c2cc(Cl)ccc2F)cc1)NC(=O)OC(C)(C)C)CN1CC(C)(C)C1. The average Bonchev–Trinajstić information content (AvgIpc) is 2.78. The molecule has 0 saturated carbocycles. The number of hydrogen-bond donors (Lipinski definition) is 1. The molecule has 2 aromatic rings. The van der Waals surface area contributed by atoms with Crippen LogP contribution in [-0.2, 0) is 20.7 Å². The van der Waals surface area contributed by atoms with Gasteiger partial charge >= 0.3 is 12.1 Å². The number of nitrogens with one attached hydrogen (secondary N) is 1. The van der Waals surface area contributed by atoms with Gasteiger partial charge in [0.2, 0.25) is 0 Å². The van der Waals surface area contributed by atoms with E-state index in [-0.39, 0.29) is 23.2 Å². The number of esters is 1. The Labute approximate surface area is 230 Å². The Morgan fingerprint density at radius 1 is 1.13 bits per heavy atom. The summed E-state index contributed by atoms with van der Waals surface area (Å²) < 4.78 is 25.2. The van der Waals surface area contributed by atoms with E-state index >= 15 is 0 Å². The number of likely N-dealkylation sites (tertiary alicyclic amines) is 1. The first-order chi connectivity index (χ1) is 17.7. The van der Waals surface area contributed by atoms with E-state index in [4.69, 9.17) is 21.1 Å². The van der Waals surface area contributed by atoms with E-state index in [0.29, 0.717) is 42.1 Å². The van der Waals surface area contributed by atoms with Crippen molar-refractivity contribution < 1.29 is 23.5 Å². The lowest BCUT2D eigenvalue weighted by atomic mass is 9.83. The fourth-order valence-corrected chi connectivity index (χ4v) is 5.12. The minimum Gasteiger partial charge on any atom is -0.466 e. The predicted molar refractivity (Wildman–Crippen MR) is 149 cm³/mol. The molecule has 0 bridgehead atoms. The Hall–Kier alpha value is -2.64. The van der Waals surface area contributed by atoms with Gasteiger partial charge in [-0.1, -0.05) is 49.7 Å². The zero-order chi connectivity index (χ0) is 28.1. The van der Waals surface area contributed by atoms with Crippen molar-refractivity contribution in [3.8, 4) is 11.1 Å². The average molecular weight is 547 g/mol. The van der Waals surface area contributed by atoms with Gasteiger partial charge in [0, 0.05) is 36.3 Å². The molecular weight excluding hydrogens is 507 g/mol. The molecule has 0 radical (unpaired) electrons. The highest BCUT2D eigenvalue weighted by atomic mass is 35.5. The van der Waals surface area contributed by atoms with Crippen molar-refractivity contribution in [3.05, 3.63) is 58.9 Å². The summed E-state index contributed by atoms with van der Waals surface area (Å²) >= 11 is 6.06. The summed E-state index contributed by atoms with van der Waals surface area (Å²) in [5.41, 5.74) is 1.64. The second-order valence-electron chi connectivity index (χ2n) is 11.9. The van der Waals surface area contributed by atoms with Crippen molar-refractivity contribution >= 4 is 23.7 Å². The van der Waals surface area contributed by atoms with Crippen LogP contribution < -0.4 is 5.32 Å². The molecule has 0 aromatic heterocycles. The lowest BCUT2D eigenvalue weighted by molar-refractivity contribution is -0.150. The van der Waals surface area contributed by atoms with Crippen LogP contribution in [0.1, 0.15) is 53.5 Å². The van der Waals surface area contributed by atoms with Gasteiger partial charge in [0.05, 0.1) is 12.5 Å². The molecule has 0 aliphatic carbocycles. The van der Waals surface area contributed by atoms with Gasteiger partial charge in [-0.3, -0.25) is 4.79 Å². The molecular formula is C30H40ClFN2O4. The van der Waals surface area contributed by atoms with E-state index in [1.165, 1.54) is 12.1 Å². The van der Waals surface area contributed by atoms with Crippen LogP contribution in [0.5, 0.6) is 0 Å². The van der Waals surface area contributed by atoms with Crippen LogP contribution in [0.2, 0.25) is 5.02 Å². The summed E-state index contributed by atoms with van der Waals surface area (Å²) in [6.07, 6.45) is 0.339. The smallest absolute Gasteiger partial charge is 0.407 e.